The number of hydrogen-bond donors (Lipinski definition) is 1. The van der Waals surface area contributed by atoms with Crippen LogP contribution >= 0.6 is 11.6 Å². The molecule has 0 spiro atoms. The molecule has 5 aromatic rings. The standard InChI is InChI=1S/C26H16ClN3O4/c27-17-10-12-18(13-11-17)30-15-14-20(31)23(29-30)26(33)28-22-19-8-4-5-9-21(19)34-25(22)24(32)16-6-2-1-3-7-16/h1-15H,(H,28,33). The van der Waals surface area contributed by atoms with Crippen LogP contribution < -0.4 is 10.7 Å². The van der Waals surface area contributed by atoms with Crippen molar-refractivity contribution in [1.82, 2.24) is 9.78 Å². The van der Waals surface area contributed by atoms with E-state index in [1.165, 1.54) is 16.9 Å². The summed E-state index contributed by atoms with van der Waals surface area (Å²) in [7, 11) is 0. The summed E-state index contributed by atoms with van der Waals surface area (Å²) in [4.78, 5) is 38.8. The zero-order valence-corrected chi connectivity index (χ0v) is 18.3. The zero-order chi connectivity index (χ0) is 23.7. The maximum atomic E-state index is 13.2. The molecule has 166 valence electrons. The lowest BCUT2D eigenvalue weighted by atomic mass is 10.1. The normalized spacial score (nSPS) is 10.9. The lowest BCUT2D eigenvalue weighted by Crippen LogP contribution is -2.26. The van der Waals surface area contributed by atoms with Crippen LogP contribution in [0.5, 0.6) is 0 Å². The second kappa shape index (κ2) is 8.80. The second-order valence-electron chi connectivity index (χ2n) is 7.40. The Morgan fingerprint density at radius 2 is 1.59 bits per heavy atom. The van der Waals surface area contributed by atoms with E-state index in [9.17, 15) is 14.4 Å². The largest absolute Gasteiger partial charge is 0.450 e. The molecule has 3 aromatic carbocycles. The number of nitrogens with one attached hydrogen (secondary N) is 1. The SMILES string of the molecule is O=C(c1ccccc1)c1oc2ccccc2c1NC(=O)c1nn(-c2ccc(Cl)cc2)ccc1=O. The molecule has 0 aliphatic rings. The Balaban J connectivity index is 1.55. The number of hydrogen-bond acceptors (Lipinski definition) is 5. The van der Waals surface area contributed by atoms with Crippen molar-refractivity contribution in [1.29, 1.82) is 0 Å². The first-order chi connectivity index (χ1) is 16.5. The van der Waals surface area contributed by atoms with Gasteiger partial charge in [0.2, 0.25) is 11.2 Å². The van der Waals surface area contributed by atoms with Crippen LogP contribution in [-0.4, -0.2) is 21.5 Å². The molecule has 34 heavy (non-hydrogen) atoms. The second-order valence-corrected chi connectivity index (χ2v) is 7.84. The van der Waals surface area contributed by atoms with Crippen molar-refractivity contribution in [3.63, 3.8) is 0 Å². The van der Waals surface area contributed by atoms with E-state index in [2.05, 4.69) is 10.4 Å². The molecule has 0 unspecified atom stereocenters. The summed E-state index contributed by atoms with van der Waals surface area (Å²) in [6, 6.07) is 23.6. The van der Waals surface area contributed by atoms with Crippen LogP contribution in [-0.2, 0) is 0 Å². The molecule has 0 atom stereocenters. The number of carbonyl (C=O) groups is 2. The highest BCUT2D eigenvalue weighted by Crippen LogP contribution is 2.32. The average Bonchev–Trinajstić information content (AvgIpc) is 3.23. The summed E-state index contributed by atoms with van der Waals surface area (Å²) in [6.45, 7) is 0. The molecule has 2 heterocycles. The van der Waals surface area contributed by atoms with Gasteiger partial charge in [-0.2, -0.15) is 5.10 Å². The number of ketones is 1. The van der Waals surface area contributed by atoms with E-state index >= 15 is 0 Å². The number of amides is 1. The highest BCUT2D eigenvalue weighted by Gasteiger charge is 2.25. The molecular formula is C26H16ClN3O4. The molecule has 0 saturated carbocycles. The summed E-state index contributed by atoms with van der Waals surface area (Å²) in [5, 5.41) is 7.96. The predicted molar refractivity (Wildman–Crippen MR) is 129 cm³/mol. The molecule has 0 aliphatic carbocycles. The third-order valence-corrected chi connectivity index (χ3v) is 5.44. The molecular weight excluding hydrogens is 454 g/mol. The van der Waals surface area contributed by atoms with Crippen molar-refractivity contribution in [3.8, 4) is 5.69 Å². The van der Waals surface area contributed by atoms with Gasteiger partial charge in [-0.1, -0.05) is 54.1 Å². The summed E-state index contributed by atoms with van der Waals surface area (Å²) in [6.07, 6.45) is 1.46. The van der Waals surface area contributed by atoms with Gasteiger partial charge in [0.15, 0.2) is 11.5 Å². The van der Waals surface area contributed by atoms with Crippen LogP contribution in [0.4, 0.5) is 5.69 Å². The van der Waals surface area contributed by atoms with Crippen molar-refractivity contribution < 1.29 is 14.0 Å². The summed E-state index contributed by atoms with van der Waals surface area (Å²) < 4.78 is 7.21. The van der Waals surface area contributed by atoms with Gasteiger partial charge >= 0.3 is 0 Å². The van der Waals surface area contributed by atoms with Crippen molar-refractivity contribution in [2.45, 2.75) is 0 Å². The van der Waals surface area contributed by atoms with Crippen molar-refractivity contribution >= 4 is 39.9 Å². The Morgan fingerprint density at radius 1 is 0.882 bits per heavy atom. The average molecular weight is 470 g/mol. The van der Waals surface area contributed by atoms with E-state index in [4.69, 9.17) is 16.0 Å². The van der Waals surface area contributed by atoms with Crippen LogP contribution in [0.15, 0.2) is 100 Å². The van der Waals surface area contributed by atoms with Crippen molar-refractivity contribution in [2.24, 2.45) is 0 Å². The highest BCUT2D eigenvalue weighted by molar-refractivity contribution is 6.30. The molecule has 0 saturated heterocycles. The molecule has 7 nitrogen and oxygen atoms in total. The number of carbonyl (C=O) groups excluding carboxylic acids is 2. The molecule has 8 heteroatoms. The zero-order valence-electron chi connectivity index (χ0n) is 17.6. The first-order valence-electron chi connectivity index (χ1n) is 10.3. The smallest absolute Gasteiger partial charge is 0.280 e. The van der Waals surface area contributed by atoms with Crippen LogP contribution in [0, 0.1) is 0 Å². The number of benzene rings is 3. The molecule has 0 radical (unpaired) electrons. The van der Waals surface area contributed by atoms with E-state index in [0.29, 0.717) is 27.2 Å². The lowest BCUT2D eigenvalue weighted by molar-refractivity contribution is 0.101. The van der Waals surface area contributed by atoms with Gasteiger partial charge in [0.05, 0.1) is 11.4 Å². The van der Waals surface area contributed by atoms with Crippen molar-refractivity contribution in [3.05, 3.63) is 123 Å². The molecule has 0 aliphatic heterocycles. The maximum absolute atomic E-state index is 13.2. The van der Waals surface area contributed by atoms with Gasteiger partial charge < -0.3 is 9.73 Å². The Bertz CT molecular complexity index is 1590. The number of para-hydroxylation sites is 1. The first kappa shape index (κ1) is 21.4. The van der Waals surface area contributed by atoms with Gasteiger partial charge in [-0.25, -0.2) is 4.68 Å². The predicted octanol–water partition coefficient (Wildman–Crippen LogP) is 5.12. The Kier molecular flexibility index (Phi) is 5.53. The first-order valence-corrected chi connectivity index (χ1v) is 10.7. The number of anilines is 1. The third-order valence-electron chi connectivity index (χ3n) is 5.19. The molecule has 1 N–H and O–H groups in total. The fraction of sp³-hybridized carbons (Fsp3) is 0. The number of halogens is 1. The minimum atomic E-state index is -0.762. The van der Waals surface area contributed by atoms with Crippen LogP contribution in [0.1, 0.15) is 26.6 Å². The monoisotopic (exact) mass is 469 g/mol. The number of furan rings is 1. The molecule has 5 rings (SSSR count). The molecule has 2 aromatic heterocycles. The van der Waals surface area contributed by atoms with Gasteiger partial charge in [-0.3, -0.25) is 14.4 Å². The van der Waals surface area contributed by atoms with E-state index in [0.717, 1.165) is 0 Å². The fourth-order valence-electron chi connectivity index (χ4n) is 3.53. The minimum Gasteiger partial charge on any atom is -0.450 e. The number of aromatic nitrogens is 2. The van der Waals surface area contributed by atoms with Gasteiger partial charge in [-0.05, 0) is 36.4 Å². The topological polar surface area (TPSA) is 94.2 Å². The maximum Gasteiger partial charge on any atom is 0.280 e. The summed E-state index contributed by atoms with van der Waals surface area (Å²) in [5.74, 6) is -1.19. The van der Waals surface area contributed by atoms with E-state index in [1.807, 2.05) is 0 Å². The van der Waals surface area contributed by atoms with Crippen molar-refractivity contribution in [2.75, 3.05) is 5.32 Å². The fourth-order valence-corrected chi connectivity index (χ4v) is 3.65. The van der Waals surface area contributed by atoms with Crippen LogP contribution in [0.25, 0.3) is 16.7 Å². The Labute approximate surface area is 198 Å². The van der Waals surface area contributed by atoms with E-state index in [-0.39, 0.29) is 17.1 Å². The third kappa shape index (κ3) is 4.00. The highest BCUT2D eigenvalue weighted by atomic mass is 35.5. The Hall–Kier alpha value is -4.49. The van der Waals surface area contributed by atoms with Crippen LogP contribution in [0.2, 0.25) is 5.02 Å². The minimum absolute atomic E-state index is 0.0327. The Morgan fingerprint density at radius 3 is 2.35 bits per heavy atom. The number of nitrogens with zero attached hydrogens (tertiary/aromatic N) is 2. The number of rotatable bonds is 5. The quantitative estimate of drug-likeness (QED) is 0.361. The summed E-state index contributed by atoms with van der Waals surface area (Å²) in [5.41, 5.74) is 0.730. The van der Waals surface area contributed by atoms with E-state index in [1.54, 1.807) is 78.9 Å². The van der Waals surface area contributed by atoms with Crippen LogP contribution in [0.3, 0.4) is 0 Å². The molecule has 0 fully saturated rings. The van der Waals surface area contributed by atoms with E-state index < -0.39 is 17.1 Å². The van der Waals surface area contributed by atoms with Gasteiger partial charge in [0.1, 0.15) is 5.58 Å². The van der Waals surface area contributed by atoms with Gasteiger partial charge in [-0.15, -0.1) is 0 Å². The molecule has 1 amide bonds. The van der Waals surface area contributed by atoms with Gasteiger partial charge in [0, 0.05) is 28.2 Å². The summed E-state index contributed by atoms with van der Waals surface area (Å²) >= 11 is 5.94. The lowest BCUT2D eigenvalue weighted by Gasteiger charge is -2.09. The number of fused-ring (bicyclic) bond motifs is 1. The molecule has 0 bridgehead atoms. The van der Waals surface area contributed by atoms with Gasteiger partial charge in [0.25, 0.3) is 5.91 Å².